The predicted octanol–water partition coefficient (Wildman–Crippen LogP) is 7.58. The van der Waals surface area contributed by atoms with E-state index in [4.69, 9.17) is 21.7 Å². The molecule has 0 bridgehead atoms. The van der Waals surface area contributed by atoms with E-state index in [1.165, 1.54) is 30.6 Å². The van der Waals surface area contributed by atoms with Gasteiger partial charge in [0, 0.05) is 21.6 Å². The highest BCUT2D eigenvalue weighted by Gasteiger charge is 2.46. The fourth-order valence-electron chi connectivity index (χ4n) is 4.68. The lowest BCUT2D eigenvalue weighted by molar-refractivity contribution is -0.135. The molecule has 198 valence electrons. The molecule has 0 radical (unpaired) electrons. The number of anilines is 1. The van der Waals surface area contributed by atoms with Gasteiger partial charge in [0.1, 0.15) is 10.7 Å². The molecule has 1 amide bonds. The minimum Gasteiger partial charge on any atom is -0.494 e. The minimum atomic E-state index is -0.827. The summed E-state index contributed by atoms with van der Waals surface area (Å²) in [5, 5.41) is 0. The summed E-state index contributed by atoms with van der Waals surface area (Å²) in [5.41, 5.74) is 3.04. The molecule has 0 atom stereocenters. The predicted molar refractivity (Wildman–Crippen MR) is 165 cm³/mol. The van der Waals surface area contributed by atoms with Crippen molar-refractivity contribution in [1.29, 1.82) is 0 Å². The van der Waals surface area contributed by atoms with E-state index in [0.717, 1.165) is 31.5 Å². The van der Waals surface area contributed by atoms with E-state index in [9.17, 15) is 9.59 Å². The molecule has 0 aromatic heterocycles. The van der Waals surface area contributed by atoms with Gasteiger partial charge in [-0.3, -0.25) is 9.69 Å². The van der Waals surface area contributed by atoms with Crippen LogP contribution in [0.25, 0.3) is 10.5 Å². The Labute approximate surface area is 242 Å². The first-order chi connectivity index (χ1) is 18.8. The molecular weight excluding hydrogens is 547 g/mol. The number of ether oxygens (including phenoxy) is 2. The molecule has 0 saturated carbocycles. The molecule has 3 aromatic carbocycles. The molecule has 0 saturated heterocycles. The molecule has 2 aliphatic heterocycles. The smallest absolute Gasteiger partial charge is 0.345 e. The van der Waals surface area contributed by atoms with Crippen LogP contribution in [0.15, 0.2) is 88.0 Å². The summed E-state index contributed by atoms with van der Waals surface area (Å²) in [4.78, 5) is 30.5. The maximum Gasteiger partial charge on any atom is 0.345 e. The number of thioether (sulfide) groups is 2. The first-order valence-corrected chi connectivity index (χ1v) is 14.5. The van der Waals surface area contributed by atoms with E-state index in [2.05, 4.69) is 0 Å². The highest BCUT2D eigenvalue weighted by atomic mass is 32.2. The number of amides is 1. The second-order valence-electron chi connectivity index (χ2n) is 9.39. The fourth-order valence-corrected chi connectivity index (χ4v) is 7.84. The zero-order chi connectivity index (χ0) is 27.7. The standard InChI is InChI=1S/C31H27NO4S3/c1-5-36-21-16-17-23-22(18-21)24(27(37)31(2,3)32(23)28(33)20-14-10-7-11-15-20)30-38-25(19-12-8-6-9-13-19)26(39-30)29(34)35-4/h6-18H,5H2,1-4H3. The van der Waals surface area contributed by atoms with E-state index in [0.29, 0.717) is 27.7 Å². The lowest BCUT2D eigenvalue weighted by Crippen LogP contribution is -2.55. The van der Waals surface area contributed by atoms with Crippen LogP contribution in [-0.4, -0.2) is 36.0 Å². The fraction of sp³-hybridized carbons (Fsp3) is 0.194. The third-order valence-electron chi connectivity index (χ3n) is 6.56. The zero-order valence-electron chi connectivity index (χ0n) is 22.0. The topological polar surface area (TPSA) is 55.8 Å². The van der Waals surface area contributed by atoms with Gasteiger partial charge in [0.15, 0.2) is 0 Å². The lowest BCUT2D eigenvalue weighted by Gasteiger charge is -2.45. The third-order valence-corrected chi connectivity index (χ3v) is 9.89. The Kier molecular flexibility index (Phi) is 7.71. The number of hydrogen-bond acceptors (Lipinski definition) is 7. The summed E-state index contributed by atoms with van der Waals surface area (Å²) in [7, 11) is 1.39. The monoisotopic (exact) mass is 573 g/mol. The second kappa shape index (κ2) is 11.0. The molecule has 39 heavy (non-hydrogen) atoms. The molecule has 5 rings (SSSR count). The number of carbonyl (C=O) groups is 2. The van der Waals surface area contributed by atoms with Gasteiger partial charge in [-0.2, -0.15) is 0 Å². The van der Waals surface area contributed by atoms with E-state index < -0.39 is 11.5 Å². The van der Waals surface area contributed by atoms with Gasteiger partial charge in [-0.1, -0.05) is 84.3 Å². The van der Waals surface area contributed by atoms with Crippen molar-refractivity contribution in [3.05, 3.63) is 105 Å². The van der Waals surface area contributed by atoms with E-state index in [1.54, 1.807) is 4.90 Å². The first-order valence-electron chi connectivity index (χ1n) is 12.5. The molecular formula is C31H27NO4S3. The van der Waals surface area contributed by atoms with Gasteiger partial charge in [0.25, 0.3) is 5.91 Å². The number of thiocarbonyl (C=S) groups is 1. The highest BCUT2D eigenvalue weighted by molar-refractivity contribution is 8.32. The quantitative estimate of drug-likeness (QED) is 0.177. The van der Waals surface area contributed by atoms with Gasteiger partial charge in [-0.05, 0) is 56.7 Å². The van der Waals surface area contributed by atoms with Crippen molar-refractivity contribution in [2.45, 2.75) is 26.3 Å². The Balaban J connectivity index is 1.71. The average molecular weight is 574 g/mol. The van der Waals surface area contributed by atoms with Crippen LogP contribution in [0, 0.1) is 0 Å². The average Bonchev–Trinajstić information content (AvgIpc) is 3.39. The third kappa shape index (κ3) is 4.93. The van der Waals surface area contributed by atoms with Gasteiger partial charge in [-0.15, -0.1) is 0 Å². The minimum absolute atomic E-state index is 0.137. The Morgan fingerprint density at radius 3 is 2.26 bits per heavy atom. The molecule has 8 heteroatoms. The molecule has 2 aliphatic rings. The summed E-state index contributed by atoms with van der Waals surface area (Å²) in [6.07, 6.45) is 0. The van der Waals surface area contributed by atoms with Crippen LogP contribution in [0.3, 0.4) is 0 Å². The highest BCUT2D eigenvalue weighted by Crippen LogP contribution is 2.58. The van der Waals surface area contributed by atoms with Crippen LogP contribution < -0.4 is 9.64 Å². The molecule has 5 nitrogen and oxygen atoms in total. The van der Waals surface area contributed by atoms with Crippen LogP contribution in [0.2, 0.25) is 0 Å². The van der Waals surface area contributed by atoms with E-state index in [-0.39, 0.29) is 5.91 Å². The molecule has 0 spiro atoms. The summed E-state index contributed by atoms with van der Waals surface area (Å²) >= 11 is 9.03. The largest absolute Gasteiger partial charge is 0.494 e. The molecule has 0 aliphatic carbocycles. The van der Waals surface area contributed by atoms with Gasteiger partial charge in [0.05, 0.1) is 34.0 Å². The number of methoxy groups -OCH3 is 1. The van der Waals surface area contributed by atoms with Crippen molar-refractivity contribution in [3.8, 4) is 5.75 Å². The number of nitrogens with zero attached hydrogens (tertiary/aromatic N) is 1. The first kappa shape index (κ1) is 27.2. The Morgan fingerprint density at radius 1 is 0.949 bits per heavy atom. The number of esters is 1. The van der Waals surface area contributed by atoms with E-state index in [1.807, 2.05) is 99.6 Å². The maximum absolute atomic E-state index is 13.9. The van der Waals surface area contributed by atoms with Gasteiger partial charge in [0.2, 0.25) is 0 Å². The van der Waals surface area contributed by atoms with E-state index >= 15 is 0 Å². The molecule has 0 unspecified atom stereocenters. The number of carbonyl (C=O) groups excluding carboxylic acids is 2. The van der Waals surface area contributed by atoms with Crippen molar-refractivity contribution in [1.82, 2.24) is 0 Å². The van der Waals surface area contributed by atoms with Gasteiger partial charge in [-0.25, -0.2) is 4.79 Å². The van der Waals surface area contributed by atoms with Crippen molar-refractivity contribution in [3.63, 3.8) is 0 Å². The Hall–Kier alpha value is -3.33. The summed E-state index contributed by atoms with van der Waals surface area (Å²) in [6.45, 7) is 6.36. The summed E-state index contributed by atoms with van der Waals surface area (Å²) in [6, 6.07) is 24.7. The number of fused-ring (bicyclic) bond motifs is 1. The van der Waals surface area contributed by atoms with Crippen LogP contribution in [0.5, 0.6) is 5.75 Å². The number of hydrogen-bond donors (Lipinski definition) is 0. The Morgan fingerprint density at radius 2 is 1.62 bits per heavy atom. The van der Waals surface area contributed by atoms with Gasteiger partial charge < -0.3 is 9.47 Å². The van der Waals surface area contributed by atoms with Crippen molar-refractivity contribution < 1.29 is 19.1 Å². The van der Waals surface area contributed by atoms with Gasteiger partial charge >= 0.3 is 5.97 Å². The van der Waals surface area contributed by atoms with Crippen molar-refractivity contribution >= 4 is 68.6 Å². The van der Waals surface area contributed by atoms with Crippen molar-refractivity contribution in [2.75, 3.05) is 18.6 Å². The van der Waals surface area contributed by atoms with Crippen LogP contribution in [0.1, 0.15) is 42.3 Å². The number of rotatable bonds is 5. The molecule has 3 aromatic rings. The Bertz CT molecular complexity index is 1530. The van der Waals surface area contributed by atoms with Crippen LogP contribution in [0.4, 0.5) is 5.69 Å². The van der Waals surface area contributed by atoms with Crippen LogP contribution >= 0.6 is 35.7 Å². The molecule has 0 fully saturated rings. The van der Waals surface area contributed by atoms with Crippen LogP contribution in [-0.2, 0) is 9.53 Å². The maximum atomic E-state index is 13.9. The second-order valence-corrected chi connectivity index (χ2v) is 12.1. The van der Waals surface area contributed by atoms with Crippen molar-refractivity contribution in [2.24, 2.45) is 0 Å². The normalized spacial score (nSPS) is 18.2. The summed E-state index contributed by atoms with van der Waals surface area (Å²) < 4.78 is 11.9. The summed E-state index contributed by atoms with van der Waals surface area (Å²) in [5.74, 6) is 0.149. The number of benzene rings is 3. The molecule has 2 heterocycles. The zero-order valence-corrected chi connectivity index (χ0v) is 24.5. The SMILES string of the molecule is CCOc1ccc2c(c1)C(=C1SC(C(=O)OC)=C(c3ccccc3)S1)C(=S)C(C)(C)N2C(=O)c1ccccc1. The lowest BCUT2D eigenvalue weighted by atomic mass is 9.82. The molecule has 0 N–H and O–H groups in total.